The smallest absolute Gasteiger partial charge is 0.270 e. The molecule has 1 saturated heterocycles. The molecule has 2 amide bonds. The third-order valence-corrected chi connectivity index (χ3v) is 7.55. The Labute approximate surface area is 249 Å². The second-order valence-electron chi connectivity index (χ2n) is 9.13. The van der Waals surface area contributed by atoms with Crippen LogP contribution in [-0.2, 0) is 16.2 Å². The highest BCUT2D eigenvalue weighted by Gasteiger charge is 2.35. The zero-order valence-corrected chi connectivity index (χ0v) is 24.5. The van der Waals surface area contributed by atoms with E-state index in [9.17, 15) is 14.0 Å². The monoisotopic (exact) mass is 637 g/mol. The molecule has 0 spiro atoms. The number of hydrogen-bond acceptors (Lipinski definition) is 4. The average molecular weight is 639 g/mol. The molecule has 0 saturated carbocycles. The largest absolute Gasteiger partial charge is 0.489 e. The van der Waals surface area contributed by atoms with Gasteiger partial charge in [0.2, 0.25) is 0 Å². The summed E-state index contributed by atoms with van der Waals surface area (Å²) in [6.45, 7) is 4.30. The minimum atomic E-state index is -0.631. The number of hydrogen-bond donors (Lipinski definition) is 1. The van der Waals surface area contributed by atoms with E-state index in [1.165, 1.54) is 18.2 Å². The summed E-state index contributed by atoms with van der Waals surface area (Å²) in [5, 5.41) is 2.27. The van der Waals surface area contributed by atoms with Crippen molar-refractivity contribution in [1.29, 1.82) is 0 Å². The average Bonchev–Trinajstić information content (AvgIpc) is 3.20. The van der Waals surface area contributed by atoms with Crippen molar-refractivity contribution < 1.29 is 18.7 Å². The molecule has 6 nitrogen and oxygen atoms in total. The molecule has 1 aliphatic rings. The number of rotatable bonds is 6. The van der Waals surface area contributed by atoms with Crippen molar-refractivity contribution in [3.63, 3.8) is 0 Å². The Bertz CT molecular complexity index is 1680. The number of ether oxygens (including phenoxy) is 1. The van der Waals surface area contributed by atoms with Gasteiger partial charge in [0.25, 0.3) is 11.8 Å². The van der Waals surface area contributed by atoms with E-state index in [4.69, 9.17) is 28.6 Å². The van der Waals surface area contributed by atoms with Gasteiger partial charge in [-0.25, -0.2) is 4.39 Å². The Morgan fingerprint density at radius 1 is 1.00 bits per heavy atom. The normalized spacial score (nSPS) is 14.6. The Balaban J connectivity index is 1.40. The number of nitrogens with one attached hydrogen (secondary N) is 1. The molecule has 0 unspecified atom stereocenters. The number of nitrogens with zero attached hydrogens (tertiary/aromatic N) is 2. The van der Waals surface area contributed by atoms with Crippen LogP contribution in [0.5, 0.6) is 5.75 Å². The summed E-state index contributed by atoms with van der Waals surface area (Å²) >= 11 is 14.6. The van der Waals surface area contributed by atoms with Crippen LogP contribution in [0.25, 0.3) is 11.8 Å². The van der Waals surface area contributed by atoms with E-state index in [0.29, 0.717) is 12.2 Å². The van der Waals surface area contributed by atoms with E-state index in [1.54, 1.807) is 0 Å². The van der Waals surface area contributed by atoms with Crippen molar-refractivity contribution >= 4 is 68.4 Å². The molecule has 2 heterocycles. The predicted octanol–water partition coefficient (Wildman–Crippen LogP) is 7.06. The van der Waals surface area contributed by atoms with Crippen LogP contribution in [0.15, 0.2) is 82.8 Å². The molecule has 10 heteroatoms. The van der Waals surface area contributed by atoms with Crippen molar-refractivity contribution in [2.75, 3.05) is 4.90 Å². The Kier molecular flexibility index (Phi) is 7.89. The molecule has 4 aromatic rings. The predicted molar refractivity (Wildman–Crippen MR) is 161 cm³/mol. The second-order valence-corrected chi connectivity index (χ2v) is 10.8. The van der Waals surface area contributed by atoms with E-state index >= 15 is 0 Å². The molecular formula is C30H22BrClFN3O3S. The first-order chi connectivity index (χ1) is 19.1. The molecule has 1 aliphatic heterocycles. The number of aryl methyl sites for hydroxylation is 1. The molecular weight excluding hydrogens is 617 g/mol. The number of amides is 2. The minimum Gasteiger partial charge on any atom is -0.489 e. The summed E-state index contributed by atoms with van der Waals surface area (Å²) in [6.07, 6.45) is 1.53. The first-order valence-corrected chi connectivity index (χ1v) is 13.7. The van der Waals surface area contributed by atoms with Gasteiger partial charge in [0.1, 0.15) is 23.7 Å². The van der Waals surface area contributed by atoms with Crippen molar-refractivity contribution in [2.45, 2.75) is 20.5 Å². The molecule has 1 fully saturated rings. The van der Waals surface area contributed by atoms with Gasteiger partial charge in [-0.3, -0.25) is 19.8 Å². The lowest BCUT2D eigenvalue weighted by atomic mass is 10.1. The van der Waals surface area contributed by atoms with E-state index in [1.807, 2.05) is 73.0 Å². The van der Waals surface area contributed by atoms with Crippen molar-refractivity contribution in [1.82, 2.24) is 9.88 Å². The van der Waals surface area contributed by atoms with Gasteiger partial charge in [0.05, 0.1) is 10.7 Å². The highest BCUT2D eigenvalue weighted by atomic mass is 79.9. The van der Waals surface area contributed by atoms with Gasteiger partial charge < -0.3 is 9.30 Å². The van der Waals surface area contributed by atoms with E-state index in [0.717, 1.165) is 43.8 Å². The molecule has 0 aliphatic carbocycles. The molecule has 202 valence electrons. The van der Waals surface area contributed by atoms with E-state index < -0.39 is 17.6 Å². The fraction of sp³-hybridized carbons (Fsp3) is 0.100. The molecule has 1 N–H and O–H groups in total. The topological polar surface area (TPSA) is 63.6 Å². The van der Waals surface area contributed by atoms with Gasteiger partial charge in [-0.05, 0) is 104 Å². The zero-order valence-electron chi connectivity index (χ0n) is 21.4. The lowest BCUT2D eigenvalue weighted by Gasteiger charge is -2.29. The van der Waals surface area contributed by atoms with Gasteiger partial charge in [-0.15, -0.1) is 0 Å². The summed E-state index contributed by atoms with van der Waals surface area (Å²) in [5.74, 6) is -1.14. The zero-order chi connectivity index (χ0) is 28.6. The Hall–Kier alpha value is -3.79. The van der Waals surface area contributed by atoms with Gasteiger partial charge in [-0.2, -0.15) is 0 Å². The van der Waals surface area contributed by atoms with Crippen LogP contribution in [-0.4, -0.2) is 21.5 Å². The van der Waals surface area contributed by atoms with Crippen molar-refractivity contribution in [3.05, 3.63) is 116 Å². The van der Waals surface area contributed by atoms with Crippen LogP contribution in [0, 0.1) is 19.7 Å². The first kappa shape index (κ1) is 27.8. The third kappa shape index (κ3) is 5.58. The summed E-state index contributed by atoms with van der Waals surface area (Å²) in [4.78, 5) is 27.3. The lowest BCUT2D eigenvalue weighted by molar-refractivity contribution is -0.122. The molecule has 1 aromatic heterocycles. The SMILES string of the molecule is Cc1cc(/C=C2\C(=O)NC(=S)N(c3ccc(F)c(Cl)c3)C2=O)c(C)n1-c1ccc(OCc2ccc(Br)cc2)cc1. The number of halogens is 3. The van der Waals surface area contributed by atoms with Gasteiger partial charge in [-0.1, -0.05) is 39.7 Å². The minimum absolute atomic E-state index is 0.106. The first-order valence-electron chi connectivity index (χ1n) is 12.2. The lowest BCUT2D eigenvalue weighted by Crippen LogP contribution is -2.54. The third-order valence-electron chi connectivity index (χ3n) is 6.45. The number of thiocarbonyl (C=S) groups is 1. The fourth-order valence-corrected chi connectivity index (χ4v) is 5.16. The molecule has 0 radical (unpaired) electrons. The molecule has 3 aromatic carbocycles. The van der Waals surface area contributed by atoms with Crippen LogP contribution in [0.4, 0.5) is 10.1 Å². The number of benzene rings is 3. The number of anilines is 1. The summed E-state index contributed by atoms with van der Waals surface area (Å²) in [6, 6.07) is 21.3. The highest BCUT2D eigenvalue weighted by molar-refractivity contribution is 9.10. The number of carbonyl (C=O) groups excluding carboxylic acids is 2. The van der Waals surface area contributed by atoms with Crippen molar-refractivity contribution in [2.24, 2.45) is 0 Å². The van der Waals surface area contributed by atoms with Crippen LogP contribution < -0.4 is 15.0 Å². The van der Waals surface area contributed by atoms with E-state index in [2.05, 4.69) is 21.2 Å². The van der Waals surface area contributed by atoms with Crippen LogP contribution in [0.1, 0.15) is 22.5 Å². The maximum absolute atomic E-state index is 13.7. The quantitative estimate of drug-likeness (QED) is 0.140. The molecule has 40 heavy (non-hydrogen) atoms. The maximum Gasteiger partial charge on any atom is 0.270 e. The highest BCUT2D eigenvalue weighted by Crippen LogP contribution is 2.29. The van der Waals surface area contributed by atoms with E-state index in [-0.39, 0.29) is 21.4 Å². The number of aromatic nitrogens is 1. The summed E-state index contributed by atoms with van der Waals surface area (Å²) < 4.78 is 22.7. The van der Waals surface area contributed by atoms with Gasteiger partial charge in [0, 0.05) is 21.5 Å². The fourth-order valence-electron chi connectivity index (χ4n) is 4.44. The van der Waals surface area contributed by atoms with Gasteiger partial charge in [0.15, 0.2) is 5.11 Å². The second kappa shape index (κ2) is 11.4. The van der Waals surface area contributed by atoms with Crippen molar-refractivity contribution in [3.8, 4) is 11.4 Å². The number of carbonyl (C=O) groups is 2. The summed E-state index contributed by atoms with van der Waals surface area (Å²) in [5.41, 5.74) is 4.54. The molecule has 5 rings (SSSR count). The Morgan fingerprint density at radius 2 is 1.68 bits per heavy atom. The molecule has 0 bridgehead atoms. The van der Waals surface area contributed by atoms with Crippen LogP contribution >= 0.6 is 39.7 Å². The van der Waals surface area contributed by atoms with Crippen LogP contribution in [0.2, 0.25) is 5.02 Å². The van der Waals surface area contributed by atoms with Crippen LogP contribution in [0.3, 0.4) is 0 Å². The summed E-state index contributed by atoms with van der Waals surface area (Å²) in [7, 11) is 0. The standard InChI is InChI=1S/C30H22BrClFN3O3S/c1-17-13-20(14-25-28(37)34-30(40)36(29(25)38)23-9-12-27(33)26(32)15-23)18(2)35(17)22-7-10-24(11-8-22)39-16-19-3-5-21(31)6-4-19/h3-15H,16H2,1-2H3,(H,34,37,40)/b25-14+. The molecule has 0 atom stereocenters. The Morgan fingerprint density at radius 3 is 2.35 bits per heavy atom. The maximum atomic E-state index is 13.7. The van der Waals surface area contributed by atoms with Gasteiger partial charge >= 0.3 is 0 Å².